The van der Waals surface area contributed by atoms with Crippen molar-refractivity contribution in [2.45, 2.75) is 13.0 Å². The number of nitrogens with zero attached hydrogens (tertiary/aromatic N) is 2. The number of nitro benzene ring substituents is 1. The molecule has 0 aromatic heterocycles. The summed E-state index contributed by atoms with van der Waals surface area (Å²) in [5, 5.41) is 13.8. The van der Waals surface area contributed by atoms with E-state index in [2.05, 4.69) is 5.32 Å². The van der Waals surface area contributed by atoms with Crippen LogP contribution in [-0.4, -0.2) is 28.2 Å². The number of benzene rings is 3. The average Bonchev–Trinajstić information content (AvgIpc) is 2.89. The van der Waals surface area contributed by atoms with Gasteiger partial charge < -0.3 is 10.2 Å². The lowest BCUT2D eigenvalue weighted by Crippen LogP contribution is -2.39. The smallest absolute Gasteiger partial charge is 0.269 e. The summed E-state index contributed by atoms with van der Waals surface area (Å²) >= 11 is 0. The van der Waals surface area contributed by atoms with E-state index in [0.29, 0.717) is 5.69 Å². The van der Waals surface area contributed by atoms with Gasteiger partial charge in [0.25, 0.3) is 11.6 Å². The van der Waals surface area contributed by atoms with E-state index in [1.165, 1.54) is 29.2 Å². The van der Waals surface area contributed by atoms with Gasteiger partial charge in [0.2, 0.25) is 5.91 Å². The van der Waals surface area contributed by atoms with Gasteiger partial charge in [-0.25, -0.2) is 0 Å². The standard InChI is InChI=1S/C23H19N3O4/c1-15-7-12-20-19(13-15)22(16-5-3-2-4-6-16)25(14-21(27)24-20)23(28)17-8-10-18(11-9-17)26(29)30/h2-13,22H,14H2,1H3,(H,24,27). The highest BCUT2D eigenvalue weighted by Crippen LogP contribution is 2.37. The first-order valence-corrected chi connectivity index (χ1v) is 9.45. The number of anilines is 1. The van der Waals surface area contributed by atoms with Gasteiger partial charge in [0.15, 0.2) is 0 Å². The molecule has 7 heteroatoms. The van der Waals surface area contributed by atoms with Gasteiger partial charge in [0.05, 0.1) is 11.0 Å². The first-order valence-electron chi connectivity index (χ1n) is 9.45. The van der Waals surface area contributed by atoms with Crippen LogP contribution in [0.1, 0.15) is 33.1 Å². The molecule has 0 fully saturated rings. The van der Waals surface area contributed by atoms with Crippen LogP contribution in [0.3, 0.4) is 0 Å². The molecule has 0 saturated carbocycles. The number of carbonyl (C=O) groups excluding carboxylic acids is 2. The molecule has 0 bridgehead atoms. The third-order valence-corrected chi connectivity index (χ3v) is 5.10. The molecular formula is C23H19N3O4. The summed E-state index contributed by atoms with van der Waals surface area (Å²) in [6.45, 7) is 1.82. The highest BCUT2D eigenvalue weighted by atomic mass is 16.6. The molecule has 0 saturated heterocycles. The molecule has 30 heavy (non-hydrogen) atoms. The van der Waals surface area contributed by atoms with E-state index in [0.717, 1.165) is 16.7 Å². The predicted octanol–water partition coefficient (Wildman–Crippen LogP) is 4.09. The lowest BCUT2D eigenvalue weighted by atomic mass is 9.94. The maximum Gasteiger partial charge on any atom is 0.269 e. The number of nitrogens with one attached hydrogen (secondary N) is 1. The Morgan fingerprint density at radius 1 is 1.07 bits per heavy atom. The maximum absolute atomic E-state index is 13.4. The molecule has 0 spiro atoms. The number of nitro groups is 1. The fourth-order valence-corrected chi connectivity index (χ4v) is 3.70. The Bertz CT molecular complexity index is 1130. The zero-order valence-electron chi connectivity index (χ0n) is 16.2. The average molecular weight is 401 g/mol. The van der Waals surface area contributed by atoms with Gasteiger partial charge in [-0.05, 0) is 30.7 Å². The molecule has 4 rings (SSSR count). The van der Waals surface area contributed by atoms with Gasteiger partial charge in [0, 0.05) is 28.9 Å². The van der Waals surface area contributed by atoms with Crippen molar-refractivity contribution >= 4 is 23.2 Å². The summed E-state index contributed by atoms with van der Waals surface area (Å²) in [5.74, 6) is -0.669. The van der Waals surface area contributed by atoms with Crippen LogP contribution in [0, 0.1) is 17.0 Å². The molecule has 150 valence electrons. The largest absolute Gasteiger partial charge is 0.324 e. The Balaban J connectivity index is 1.84. The van der Waals surface area contributed by atoms with E-state index in [9.17, 15) is 19.7 Å². The van der Waals surface area contributed by atoms with Crippen LogP contribution in [0.15, 0.2) is 72.8 Å². The van der Waals surface area contributed by atoms with Crippen molar-refractivity contribution in [1.29, 1.82) is 0 Å². The molecule has 1 atom stereocenters. The Kier molecular flexibility index (Phi) is 5.02. The molecule has 1 heterocycles. The van der Waals surface area contributed by atoms with Gasteiger partial charge in [-0.1, -0.05) is 48.0 Å². The SMILES string of the molecule is Cc1ccc2c(c1)C(c1ccccc1)N(C(=O)c1ccc([N+](=O)[O-])cc1)CC(=O)N2. The van der Waals surface area contributed by atoms with E-state index >= 15 is 0 Å². The molecule has 0 radical (unpaired) electrons. The minimum Gasteiger partial charge on any atom is -0.324 e. The van der Waals surface area contributed by atoms with Gasteiger partial charge >= 0.3 is 0 Å². The third kappa shape index (κ3) is 3.65. The number of amides is 2. The monoisotopic (exact) mass is 401 g/mol. The molecule has 3 aromatic carbocycles. The highest BCUT2D eigenvalue weighted by molar-refractivity contribution is 6.01. The second-order valence-electron chi connectivity index (χ2n) is 7.19. The molecule has 1 aliphatic rings. The van der Waals surface area contributed by atoms with Crippen molar-refractivity contribution in [1.82, 2.24) is 4.90 Å². The molecule has 3 aromatic rings. The van der Waals surface area contributed by atoms with Crippen molar-refractivity contribution in [2.24, 2.45) is 0 Å². The molecule has 2 amide bonds. The zero-order chi connectivity index (χ0) is 21.3. The molecule has 1 aliphatic heterocycles. The summed E-state index contributed by atoms with van der Waals surface area (Å²) in [5.41, 5.74) is 3.55. The number of carbonyl (C=O) groups is 2. The van der Waals surface area contributed by atoms with Crippen molar-refractivity contribution in [3.63, 3.8) is 0 Å². The number of aryl methyl sites for hydroxylation is 1. The van der Waals surface area contributed by atoms with E-state index in [-0.39, 0.29) is 29.6 Å². The Morgan fingerprint density at radius 2 is 1.77 bits per heavy atom. The predicted molar refractivity (Wildman–Crippen MR) is 112 cm³/mol. The van der Waals surface area contributed by atoms with Crippen LogP contribution < -0.4 is 5.32 Å². The van der Waals surface area contributed by atoms with Gasteiger partial charge in [0.1, 0.15) is 6.54 Å². The first kappa shape index (κ1) is 19.3. The first-order chi connectivity index (χ1) is 14.4. The zero-order valence-corrected chi connectivity index (χ0v) is 16.2. The van der Waals surface area contributed by atoms with Crippen LogP contribution in [0.4, 0.5) is 11.4 Å². The number of hydrogen-bond donors (Lipinski definition) is 1. The number of fused-ring (bicyclic) bond motifs is 1. The fourth-order valence-electron chi connectivity index (χ4n) is 3.70. The minimum atomic E-state index is -0.514. The van der Waals surface area contributed by atoms with Crippen LogP contribution >= 0.6 is 0 Å². The second-order valence-corrected chi connectivity index (χ2v) is 7.19. The summed E-state index contributed by atoms with van der Waals surface area (Å²) < 4.78 is 0. The quantitative estimate of drug-likeness (QED) is 0.528. The molecule has 1 unspecified atom stereocenters. The van der Waals surface area contributed by atoms with E-state index < -0.39 is 11.0 Å². The van der Waals surface area contributed by atoms with Crippen molar-refractivity contribution in [3.8, 4) is 0 Å². The Labute approximate surface area is 173 Å². The Hall–Kier alpha value is -4.00. The van der Waals surface area contributed by atoms with E-state index in [4.69, 9.17) is 0 Å². The minimum absolute atomic E-state index is 0.0965. The lowest BCUT2D eigenvalue weighted by Gasteiger charge is -2.30. The summed E-state index contributed by atoms with van der Waals surface area (Å²) in [6, 6.07) is 20.2. The topological polar surface area (TPSA) is 92.6 Å². The summed E-state index contributed by atoms with van der Waals surface area (Å²) in [6.07, 6.45) is 0. The van der Waals surface area contributed by atoms with E-state index in [1.54, 1.807) is 0 Å². The highest BCUT2D eigenvalue weighted by Gasteiger charge is 2.34. The van der Waals surface area contributed by atoms with Crippen LogP contribution in [0.5, 0.6) is 0 Å². The van der Waals surface area contributed by atoms with Crippen molar-refractivity contribution < 1.29 is 14.5 Å². The maximum atomic E-state index is 13.4. The third-order valence-electron chi connectivity index (χ3n) is 5.10. The number of rotatable bonds is 3. The molecule has 0 aliphatic carbocycles. The normalized spacial score (nSPS) is 15.7. The number of hydrogen-bond acceptors (Lipinski definition) is 4. The van der Waals surface area contributed by atoms with Gasteiger partial charge in [-0.3, -0.25) is 19.7 Å². The van der Waals surface area contributed by atoms with E-state index in [1.807, 2.05) is 55.5 Å². The summed E-state index contributed by atoms with van der Waals surface area (Å²) in [7, 11) is 0. The van der Waals surface area contributed by atoms with Crippen molar-refractivity contribution in [2.75, 3.05) is 11.9 Å². The lowest BCUT2D eigenvalue weighted by molar-refractivity contribution is -0.384. The molecule has 7 nitrogen and oxygen atoms in total. The second kappa shape index (κ2) is 7.79. The molecular weight excluding hydrogens is 382 g/mol. The fraction of sp³-hybridized carbons (Fsp3) is 0.130. The van der Waals surface area contributed by atoms with Crippen molar-refractivity contribution in [3.05, 3.63) is 105 Å². The van der Waals surface area contributed by atoms with Crippen LogP contribution in [-0.2, 0) is 4.79 Å². The van der Waals surface area contributed by atoms with Gasteiger partial charge in [-0.2, -0.15) is 0 Å². The molecule has 1 N–H and O–H groups in total. The summed E-state index contributed by atoms with van der Waals surface area (Å²) in [4.78, 5) is 38.0. The van der Waals surface area contributed by atoms with Crippen LogP contribution in [0.25, 0.3) is 0 Å². The Morgan fingerprint density at radius 3 is 2.43 bits per heavy atom. The van der Waals surface area contributed by atoms with Gasteiger partial charge in [-0.15, -0.1) is 0 Å². The number of non-ortho nitro benzene ring substituents is 1. The van der Waals surface area contributed by atoms with Crippen LogP contribution in [0.2, 0.25) is 0 Å².